The minimum Gasteiger partial charge on any atom is -0.359 e. The molecule has 2 atom stereocenters. The maximum Gasteiger partial charge on any atom is 0.102 e. The summed E-state index contributed by atoms with van der Waals surface area (Å²) < 4.78 is 0. The van der Waals surface area contributed by atoms with E-state index >= 15 is 0 Å². The van der Waals surface area contributed by atoms with Crippen molar-refractivity contribution in [1.82, 2.24) is 9.80 Å². The first-order valence-corrected chi connectivity index (χ1v) is 10.4. The van der Waals surface area contributed by atoms with E-state index in [0.717, 1.165) is 6.42 Å². The summed E-state index contributed by atoms with van der Waals surface area (Å²) >= 11 is 0. The second kappa shape index (κ2) is 7.51. The van der Waals surface area contributed by atoms with Crippen LogP contribution in [0.4, 0.5) is 11.4 Å². The van der Waals surface area contributed by atoms with Gasteiger partial charge in [-0.1, -0.05) is 24.3 Å². The highest BCUT2D eigenvalue weighted by Gasteiger charge is 2.22. The number of rotatable bonds is 4. The number of aryl methyl sites for hydroxylation is 2. The van der Waals surface area contributed by atoms with Gasteiger partial charge in [-0.3, -0.25) is 0 Å². The number of hydrogen-bond acceptors (Lipinski definition) is 4. The SMILES string of the molecule is Cc1cc(Cc2ccc(N3C=CN(C)[C@@H]3C)c(C)c2)ccc1N1C=CN(C)[C@H]1C. The van der Waals surface area contributed by atoms with Gasteiger partial charge in [0.05, 0.1) is 0 Å². The maximum absolute atomic E-state index is 2.33. The van der Waals surface area contributed by atoms with Crippen molar-refractivity contribution in [2.24, 2.45) is 0 Å². The van der Waals surface area contributed by atoms with Crippen molar-refractivity contribution in [2.75, 3.05) is 23.9 Å². The molecule has 2 aromatic rings. The zero-order chi connectivity index (χ0) is 20.7. The smallest absolute Gasteiger partial charge is 0.102 e. The van der Waals surface area contributed by atoms with E-state index in [9.17, 15) is 0 Å². The Bertz CT molecular complexity index is 884. The van der Waals surface area contributed by atoms with E-state index in [-0.39, 0.29) is 0 Å². The van der Waals surface area contributed by atoms with Gasteiger partial charge >= 0.3 is 0 Å². The molecule has 0 N–H and O–H groups in total. The predicted molar refractivity (Wildman–Crippen MR) is 123 cm³/mol. The molecule has 0 spiro atoms. The van der Waals surface area contributed by atoms with E-state index < -0.39 is 0 Å². The lowest BCUT2D eigenvalue weighted by molar-refractivity contribution is 0.383. The molecule has 4 nitrogen and oxygen atoms in total. The average Bonchev–Trinajstić information content (AvgIpc) is 3.18. The average molecular weight is 389 g/mol. The van der Waals surface area contributed by atoms with Gasteiger partial charge in [-0.15, -0.1) is 0 Å². The Kier molecular flexibility index (Phi) is 5.03. The lowest BCUT2D eigenvalue weighted by atomic mass is 9.99. The summed E-state index contributed by atoms with van der Waals surface area (Å²) in [5, 5.41) is 0. The molecule has 0 aromatic heterocycles. The minimum atomic E-state index is 0.357. The molecule has 0 unspecified atom stereocenters. The molecular weight excluding hydrogens is 356 g/mol. The van der Waals surface area contributed by atoms with Crippen molar-refractivity contribution >= 4 is 11.4 Å². The fourth-order valence-electron chi connectivity index (χ4n) is 4.28. The Morgan fingerprint density at radius 1 is 0.655 bits per heavy atom. The molecule has 4 heteroatoms. The first-order chi connectivity index (χ1) is 13.8. The topological polar surface area (TPSA) is 13.0 Å². The summed E-state index contributed by atoms with van der Waals surface area (Å²) in [6.45, 7) is 8.88. The Balaban J connectivity index is 1.51. The van der Waals surface area contributed by atoms with E-state index in [2.05, 4.69) is 123 Å². The molecule has 0 saturated carbocycles. The van der Waals surface area contributed by atoms with Crippen LogP contribution in [0.15, 0.2) is 61.2 Å². The monoisotopic (exact) mass is 388 g/mol. The summed E-state index contributed by atoms with van der Waals surface area (Å²) in [4.78, 5) is 9.12. The van der Waals surface area contributed by atoms with Crippen LogP contribution < -0.4 is 9.80 Å². The van der Waals surface area contributed by atoms with Crippen molar-refractivity contribution in [3.05, 3.63) is 83.5 Å². The molecule has 152 valence electrons. The first-order valence-electron chi connectivity index (χ1n) is 10.4. The molecule has 0 aliphatic carbocycles. The van der Waals surface area contributed by atoms with Crippen molar-refractivity contribution < 1.29 is 0 Å². The third kappa shape index (κ3) is 3.59. The second-order valence-corrected chi connectivity index (χ2v) is 8.42. The van der Waals surface area contributed by atoms with Gasteiger partial charge in [-0.2, -0.15) is 0 Å². The quantitative estimate of drug-likeness (QED) is 0.728. The van der Waals surface area contributed by atoms with Crippen LogP contribution in [0.3, 0.4) is 0 Å². The minimum absolute atomic E-state index is 0.357. The van der Waals surface area contributed by atoms with Crippen LogP contribution >= 0.6 is 0 Å². The summed E-state index contributed by atoms with van der Waals surface area (Å²) in [6.07, 6.45) is 10.3. The maximum atomic E-state index is 2.33. The molecule has 0 amide bonds. The van der Waals surface area contributed by atoms with E-state index in [0.29, 0.717) is 12.3 Å². The molecule has 0 fully saturated rings. The van der Waals surface area contributed by atoms with E-state index in [1.165, 1.54) is 33.6 Å². The predicted octanol–water partition coefficient (Wildman–Crippen LogP) is 5.03. The highest BCUT2D eigenvalue weighted by Crippen LogP contribution is 2.30. The molecular formula is C25H32N4. The molecule has 2 heterocycles. The fourth-order valence-corrected chi connectivity index (χ4v) is 4.28. The van der Waals surface area contributed by atoms with Crippen LogP contribution in [0.1, 0.15) is 36.1 Å². The van der Waals surface area contributed by atoms with Crippen molar-refractivity contribution in [3.63, 3.8) is 0 Å². The Morgan fingerprint density at radius 2 is 1.07 bits per heavy atom. The van der Waals surface area contributed by atoms with E-state index in [1.807, 2.05) is 0 Å². The molecule has 4 rings (SSSR count). The normalized spacial score (nSPS) is 21.0. The zero-order valence-electron chi connectivity index (χ0n) is 18.4. The third-order valence-electron chi connectivity index (χ3n) is 6.40. The molecule has 0 bridgehead atoms. The van der Waals surface area contributed by atoms with E-state index in [4.69, 9.17) is 0 Å². The molecule has 2 aromatic carbocycles. The standard InChI is InChI=1S/C25H32N4/c1-18-15-22(7-9-24(18)28-13-11-26(5)20(28)3)17-23-8-10-25(19(2)16-23)29-14-12-27(6)21(29)4/h7-16,20-21H,17H2,1-6H3/t20-,21+. The zero-order valence-corrected chi connectivity index (χ0v) is 18.4. The lowest BCUT2D eigenvalue weighted by Crippen LogP contribution is -2.33. The molecule has 2 aliphatic rings. The fraction of sp³-hybridized carbons (Fsp3) is 0.360. The largest absolute Gasteiger partial charge is 0.359 e. The van der Waals surface area contributed by atoms with Gasteiger partial charge in [-0.25, -0.2) is 0 Å². The van der Waals surface area contributed by atoms with Gasteiger partial charge in [0.1, 0.15) is 12.3 Å². The number of nitrogens with zero attached hydrogens (tertiary/aromatic N) is 4. The number of anilines is 2. The van der Waals surface area contributed by atoms with Crippen LogP contribution in [0.5, 0.6) is 0 Å². The Hall–Kier alpha value is -2.88. The summed E-state index contributed by atoms with van der Waals surface area (Å²) in [6, 6.07) is 13.7. The van der Waals surface area contributed by atoms with Gasteiger partial charge in [0.2, 0.25) is 0 Å². The van der Waals surface area contributed by atoms with Gasteiger partial charge in [-0.05, 0) is 68.5 Å². The summed E-state index contributed by atoms with van der Waals surface area (Å²) in [5.41, 5.74) is 7.93. The molecule has 2 aliphatic heterocycles. The van der Waals surface area contributed by atoms with Gasteiger partial charge in [0, 0.05) is 50.3 Å². The lowest BCUT2D eigenvalue weighted by Gasteiger charge is -2.29. The van der Waals surface area contributed by atoms with Crippen LogP contribution in [0, 0.1) is 13.8 Å². The molecule has 0 saturated heterocycles. The third-order valence-corrected chi connectivity index (χ3v) is 6.40. The highest BCUT2D eigenvalue weighted by molar-refractivity contribution is 5.60. The Morgan fingerprint density at radius 3 is 1.38 bits per heavy atom. The summed E-state index contributed by atoms with van der Waals surface area (Å²) in [7, 11) is 4.24. The van der Waals surface area contributed by atoms with Gasteiger partial charge in [0.25, 0.3) is 0 Å². The van der Waals surface area contributed by atoms with Crippen LogP contribution in [0.25, 0.3) is 0 Å². The van der Waals surface area contributed by atoms with Crippen molar-refractivity contribution in [3.8, 4) is 0 Å². The van der Waals surface area contributed by atoms with Crippen LogP contribution in [-0.4, -0.2) is 36.2 Å². The van der Waals surface area contributed by atoms with Crippen molar-refractivity contribution in [2.45, 2.75) is 46.4 Å². The first kappa shape index (κ1) is 19.4. The van der Waals surface area contributed by atoms with Gasteiger partial charge < -0.3 is 19.6 Å². The van der Waals surface area contributed by atoms with E-state index in [1.54, 1.807) is 0 Å². The number of benzene rings is 2. The Labute approximate surface area is 175 Å². The molecule has 29 heavy (non-hydrogen) atoms. The summed E-state index contributed by atoms with van der Waals surface area (Å²) in [5.74, 6) is 0. The van der Waals surface area contributed by atoms with Crippen LogP contribution in [0.2, 0.25) is 0 Å². The highest BCUT2D eigenvalue weighted by atomic mass is 15.4. The van der Waals surface area contributed by atoms with Crippen molar-refractivity contribution in [1.29, 1.82) is 0 Å². The van der Waals surface area contributed by atoms with Crippen LogP contribution in [-0.2, 0) is 6.42 Å². The second-order valence-electron chi connectivity index (χ2n) is 8.42. The molecule has 0 radical (unpaired) electrons. The van der Waals surface area contributed by atoms with Gasteiger partial charge in [0.15, 0.2) is 0 Å². The number of hydrogen-bond donors (Lipinski definition) is 0.